The number of nitrogens with zero attached hydrogens (tertiary/aromatic N) is 1. The molecule has 8 nitrogen and oxygen atoms in total. The molecule has 0 radical (unpaired) electrons. The van der Waals surface area contributed by atoms with E-state index in [4.69, 9.17) is 4.74 Å². The second-order valence-corrected chi connectivity index (χ2v) is 9.59. The van der Waals surface area contributed by atoms with Gasteiger partial charge in [0.25, 0.3) is 5.91 Å². The Morgan fingerprint density at radius 2 is 2.06 bits per heavy atom. The molecule has 164 valence electrons. The highest BCUT2D eigenvalue weighted by Gasteiger charge is 2.34. The van der Waals surface area contributed by atoms with Crippen LogP contribution in [0.2, 0.25) is 0 Å². The first-order valence-corrected chi connectivity index (χ1v) is 11.3. The summed E-state index contributed by atoms with van der Waals surface area (Å²) in [4.78, 5) is 24.2. The highest BCUT2D eigenvalue weighted by atomic mass is 32.2. The highest BCUT2D eigenvalue weighted by molar-refractivity contribution is 7.89. The largest absolute Gasteiger partial charge is 0.482 e. The van der Waals surface area contributed by atoms with Gasteiger partial charge in [0.05, 0.1) is 16.5 Å². The van der Waals surface area contributed by atoms with Crippen molar-refractivity contribution in [3.8, 4) is 5.75 Å². The molecule has 2 N–H and O–H groups in total. The number of halogens is 1. The van der Waals surface area contributed by atoms with Gasteiger partial charge in [0.2, 0.25) is 15.9 Å². The predicted molar refractivity (Wildman–Crippen MR) is 112 cm³/mol. The normalized spacial score (nSPS) is 19.2. The van der Waals surface area contributed by atoms with Crippen LogP contribution in [0, 0.1) is 18.7 Å². The van der Waals surface area contributed by atoms with Crippen molar-refractivity contribution in [3.05, 3.63) is 47.8 Å². The summed E-state index contributed by atoms with van der Waals surface area (Å²) in [6.45, 7) is 1.81. The van der Waals surface area contributed by atoms with Crippen LogP contribution in [0.15, 0.2) is 41.3 Å². The second kappa shape index (κ2) is 8.27. The molecule has 0 saturated carbocycles. The topological polar surface area (TPSA) is 105 Å². The maximum Gasteiger partial charge on any atom is 0.262 e. The van der Waals surface area contributed by atoms with Gasteiger partial charge in [-0.1, -0.05) is 6.07 Å². The van der Waals surface area contributed by atoms with Gasteiger partial charge >= 0.3 is 0 Å². The third-order valence-electron chi connectivity index (χ3n) is 5.42. The van der Waals surface area contributed by atoms with Crippen LogP contribution in [0.25, 0.3) is 0 Å². The minimum Gasteiger partial charge on any atom is -0.482 e. The van der Waals surface area contributed by atoms with Crippen LogP contribution in [-0.2, 0) is 19.6 Å². The lowest BCUT2D eigenvalue weighted by atomic mass is 9.98. The van der Waals surface area contributed by atoms with Crippen molar-refractivity contribution in [1.82, 2.24) is 4.31 Å². The number of hydrogen-bond donors (Lipinski definition) is 2. The second-order valence-electron chi connectivity index (χ2n) is 7.65. The lowest BCUT2D eigenvalue weighted by molar-refractivity contribution is -0.121. The van der Waals surface area contributed by atoms with E-state index in [1.54, 1.807) is 19.1 Å². The smallest absolute Gasteiger partial charge is 0.262 e. The molecule has 0 bridgehead atoms. The zero-order valence-electron chi connectivity index (χ0n) is 16.9. The van der Waals surface area contributed by atoms with Crippen LogP contribution < -0.4 is 15.4 Å². The molecule has 4 rings (SSSR count). The van der Waals surface area contributed by atoms with E-state index in [2.05, 4.69) is 10.6 Å². The third-order valence-corrected chi connectivity index (χ3v) is 7.28. The zero-order chi connectivity index (χ0) is 22.2. The number of benzene rings is 2. The highest BCUT2D eigenvalue weighted by Crippen LogP contribution is 2.32. The molecule has 2 aliphatic heterocycles. The van der Waals surface area contributed by atoms with Gasteiger partial charge in [-0.3, -0.25) is 9.59 Å². The SMILES string of the molecule is Cc1ccc(NC(=O)[C@H]2CCCN(S(=O)(=O)c3ccc4c(c3)NC(=O)CO4)C2)cc1F. The standard InChI is InChI=1S/C21H22FN3O5S/c1-13-4-5-15(9-17(13)22)23-21(27)14-3-2-8-25(11-14)31(28,29)16-6-7-19-18(10-16)24-20(26)12-30-19/h4-7,9-10,14H,2-3,8,11-12H2,1H3,(H,23,27)(H,24,26)/t14-/m0/s1. The van der Waals surface area contributed by atoms with Gasteiger partial charge < -0.3 is 15.4 Å². The van der Waals surface area contributed by atoms with Crippen molar-refractivity contribution in [2.24, 2.45) is 5.92 Å². The number of carbonyl (C=O) groups excluding carboxylic acids is 2. The van der Waals surface area contributed by atoms with Crippen molar-refractivity contribution in [3.63, 3.8) is 0 Å². The fourth-order valence-electron chi connectivity index (χ4n) is 3.66. The van der Waals surface area contributed by atoms with E-state index in [1.165, 1.54) is 28.6 Å². The minimum absolute atomic E-state index is 0.0127. The number of rotatable bonds is 4. The molecule has 0 aromatic heterocycles. The zero-order valence-corrected chi connectivity index (χ0v) is 17.7. The van der Waals surface area contributed by atoms with Crippen molar-refractivity contribution < 1.29 is 27.1 Å². The van der Waals surface area contributed by atoms with Crippen molar-refractivity contribution in [1.29, 1.82) is 0 Å². The van der Waals surface area contributed by atoms with Crippen LogP contribution in [0.1, 0.15) is 18.4 Å². The summed E-state index contributed by atoms with van der Waals surface area (Å²) < 4.78 is 46.6. The van der Waals surface area contributed by atoms with E-state index in [-0.39, 0.29) is 36.4 Å². The lowest BCUT2D eigenvalue weighted by Gasteiger charge is -2.31. The first-order valence-electron chi connectivity index (χ1n) is 9.88. The Kier molecular flexibility index (Phi) is 5.67. The molecule has 0 aliphatic carbocycles. The quantitative estimate of drug-likeness (QED) is 0.749. The van der Waals surface area contributed by atoms with Gasteiger partial charge in [0, 0.05) is 18.8 Å². The Morgan fingerprint density at radius 3 is 2.84 bits per heavy atom. The summed E-state index contributed by atoms with van der Waals surface area (Å²) in [7, 11) is -3.88. The number of carbonyl (C=O) groups is 2. The fourth-order valence-corrected chi connectivity index (χ4v) is 5.21. The Balaban J connectivity index is 1.49. The summed E-state index contributed by atoms with van der Waals surface area (Å²) in [5.74, 6) is -1.29. The van der Waals surface area contributed by atoms with E-state index in [1.807, 2.05) is 0 Å². The molecule has 31 heavy (non-hydrogen) atoms. The van der Waals surface area contributed by atoms with Crippen molar-refractivity contribution >= 4 is 33.2 Å². The summed E-state index contributed by atoms with van der Waals surface area (Å²) in [6, 6.07) is 8.71. The Bertz CT molecular complexity index is 1150. The van der Waals surface area contributed by atoms with Crippen LogP contribution >= 0.6 is 0 Å². The van der Waals surface area contributed by atoms with Gasteiger partial charge in [0.15, 0.2) is 6.61 Å². The van der Waals surface area contributed by atoms with Crippen molar-refractivity contribution in [2.75, 3.05) is 30.3 Å². The van der Waals surface area contributed by atoms with Gasteiger partial charge in [-0.25, -0.2) is 12.8 Å². The minimum atomic E-state index is -3.88. The van der Waals surface area contributed by atoms with E-state index < -0.39 is 21.8 Å². The molecule has 2 aromatic rings. The van der Waals surface area contributed by atoms with Gasteiger partial charge in [0.1, 0.15) is 11.6 Å². The molecule has 1 saturated heterocycles. The molecule has 2 aromatic carbocycles. The number of hydrogen-bond acceptors (Lipinski definition) is 5. The molecule has 2 heterocycles. The fraction of sp³-hybridized carbons (Fsp3) is 0.333. The molecule has 2 aliphatic rings. The Labute approximate surface area is 179 Å². The number of piperidine rings is 1. The van der Waals surface area contributed by atoms with Gasteiger partial charge in [-0.05, 0) is 55.7 Å². The number of anilines is 2. The van der Waals surface area contributed by atoms with Crippen LogP contribution in [0.4, 0.5) is 15.8 Å². The molecule has 10 heteroatoms. The van der Waals surface area contributed by atoms with Crippen molar-refractivity contribution in [2.45, 2.75) is 24.7 Å². The maximum absolute atomic E-state index is 13.7. The molecule has 1 fully saturated rings. The molecular formula is C21H22FN3O5S. The average molecular weight is 447 g/mol. The maximum atomic E-state index is 13.7. The monoisotopic (exact) mass is 447 g/mol. The summed E-state index contributed by atoms with van der Waals surface area (Å²) in [5.41, 5.74) is 1.10. The number of ether oxygens (including phenoxy) is 1. The molecule has 1 atom stereocenters. The van der Waals surface area contributed by atoms with Gasteiger partial charge in [-0.2, -0.15) is 4.31 Å². The molecular weight excluding hydrogens is 425 g/mol. The Hall–Kier alpha value is -2.98. The number of fused-ring (bicyclic) bond motifs is 1. The van der Waals surface area contributed by atoms with Crippen LogP contribution in [0.3, 0.4) is 0 Å². The summed E-state index contributed by atoms with van der Waals surface area (Å²) in [5, 5.41) is 5.27. The first-order chi connectivity index (χ1) is 14.7. The van der Waals surface area contributed by atoms with Crippen LogP contribution in [-0.4, -0.2) is 44.2 Å². The predicted octanol–water partition coefficient (Wildman–Crippen LogP) is 2.50. The van der Waals surface area contributed by atoms with Crippen LogP contribution in [0.5, 0.6) is 5.75 Å². The van der Waals surface area contributed by atoms with E-state index >= 15 is 0 Å². The number of amides is 2. The average Bonchev–Trinajstić information content (AvgIpc) is 2.75. The summed E-state index contributed by atoms with van der Waals surface area (Å²) >= 11 is 0. The molecule has 0 spiro atoms. The van der Waals surface area contributed by atoms with E-state index in [9.17, 15) is 22.4 Å². The number of nitrogens with one attached hydrogen (secondary N) is 2. The van der Waals surface area contributed by atoms with E-state index in [0.29, 0.717) is 35.5 Å². The third kappa shape index (κ3) is 4.40. The number of sulfonamides is 1. The molecule has 2 amide bonds. The summed E-state index contributed by atoms with van der Waals surface area (Å²) in [6.07, 6.45) is 1.05. The number of aryl methyl sites for hydroxylation is 1. The van der Waals surface area contributed by atoms with E-state index in [0.717, 1.165) is 0 Å². The first kappa shape index (κ1) is 21.3. The van der Waals surface area contributed by atoms with Gasteiger partial charge in [-0.15, -0.1) is 0 Å². The Morgan fingerprint density at radius 1 is 1.26 bits per heavy atom. The molecule has 0 unspecified atom stereocenters. The lowest BCUT2D eigenvalue weighted by Crippen LogP contribution is -2.43.